The first-order chi connectivity index (χ1) is 11.7. The Morgan fingerprint density at radius 2 is 1.88 bits per heavy atom. The van der Waals surface area contributed by atoms with Gasteiger partial charge in [-0.2, -0.15) is 0 Å². The Morgan fingerprint density at radius 1 is 1.04 bits per heavy atom. The highest BCUT2D eigenvalue weighted by Crippen LogP contribution is 2.31. The van der Waals surface area contributed by atoms with Gasteiger partial charge in [-0.15, -0.1) is 0 Å². The first kappa shape index (κ1) is 18.3. The zero-order chi connectivity index (χ0) is 17.2. The van der Waals surface area contributed by atoms with Gasteiger partial charge in [-0.05, 0) is 31.5 Å². The molecule has 0 bridgehead atoms. The van der Waals surface area contributed by atoms with Crippen molar-refractivity contribution in [2.45, 2.75) is 26.5 Å². The molecule has 0 saturated carbocycles. The quantitative estimate of drug-likeness (QED) is 0.675. The predicted octanol–water partition coefficient (Wildman–Crippen LogP) is 3.71. The van der Waals surface area contributed by atoms with Crippen LogP contribution in [0.2, 0.25) is 0 Å². The van der Waals surface area contributed by atoms with Crippen LogP contribution < -0.4 is 14.8 Å². The van der Waals surface area contributed by atoms with Crippen molar-refractivity contribution in [1.29, 1.82) is 0 Å². The molecule has 0 fully saturated rings. The molecule has 0 atom stereocenters. The predicted molar refractivity (Wildman–Crippen MR) is 96.7 cm³/mol. The van der Waals surface area contributed by atoms with Crippen molar-refractivity contribution in [2.75, 3.05) is 27.4 Å². The van der Waals surface area contributed by atoms with Crippen LogP contribution in [0.3, 0.4) is 0 Å². The van der Waals surface area contributed by atoms with Crippen LogP contribution in [-0.4, -0.2) is 27.4 Å². The lowest BCUT2D eigenvalue weighted by molar-refractivity contribution is 0.194. The molecule has 2 aromatic carbocycles. The fourth-order valence-corrected chi connectivity index (χ4v) is 2.55. The molecule has 0 aliphatic rings. The number of hydrogen-bond acceptors (Lipinski definition) is 4. The maximum atomic E-state index is 6.09. The van der Waals surface area contributed by atoms with Crippen LogP contribution in [0, 0.1) is 6.92 Å². The summed E-state index contributed by atoms with van der Waals surface area (Å²) in [4.78, 5) is 0. The number of hydrogen-bond donors (Lipinski definition) is 1. The monoisotopic (exact) mass is 329 g/mol. The molecule has 0 aliphatic carbocycles. The first-order valence-electron chi connectivity index (χ1n) is 8.28. The molecule has 4 heteroatoms. The third-order valence-corrected chi connectivity index (χ3v) is 3.76. The molecule has 0 unspecified atom stereocenters. The summed E-state index contributed by atoms with van der Waals surface area (Å²) in [7, 11) is 3.39. The fraction of sp³-hybridized carbons (Fsp3) is 0.400. The number of ether oxygens (including phenoxy) is 3. The molecule has 2 aromatic rings. The van der Waals surface area contributed by atoms with Crippen LogP contribution in [-0.2, 0) is 17.9 Å². The first-order valence-corrected chi connectivity index (χ1v) is 8.28. The van der Waals surface area contributed by atoms with Gasteiger partial charge in [0.2, 0.25) is 0 Å². The molecule has 1 N–H and O–H groups in total. The largest absolute Gasteiger partial charge is 0.493 e. The van der Waals surface area contributed by atoms with Gasteiger partial charge in [-0.25, -0.2) is 0 Å². The highest BCUT2D eigenvalue weighted by molar-refractivity contribution is 5.46. The molecule has 2 rings (SSSR count). The van der Waals surface area contributed by atoms with Gasteiger partial charge >= 0.3 is 0 Å². The van der Waals surface area contributed by atoms with Gasteiger partial charge in [-0.1, -0.05) is 42.0 Å². The number of benzene rings is 2. The summed E-state index contributed by atoms with van der Waals surface area (Å²) in [6, 6.07) is 14.3. The molecule has 130 valence electrons. The Labute approximate surface area is 144 Å². The van der Waals surface area contributed by atoms with Crippen LogP contribution in [0.5, 0.6) is 11.5 Å². The van der Waals surface area contributed by atoms with E-state index in [9.17, 15) is 0 Å². The minimum Gasteiger partial charge on any atom is -0.493 e. The van der Waals surface area contributed by atoms with E-state index in [0.29, 0.717) is 6.61 Å². The molecular weight excluding hydrogens is 302 g/mol. The molecule has 4 nitrogen and oxygen atoms in total. The van der Waals surface area contributed by atoms with E-state index in [0.717, 1.165) is 48.7 Å². The van der Waals surface area contributed by atoms with Crippen molar-refractivity contribution in [1.82, 2.24) is 5.32 Å². The minimum absolute atomic E-state index is 0.527. The topological polar surface area (TPSA) is 39.7 Å². The third-order valence-electron chi connectivity index (χ3n) is 3.76. The highest BCUT2D eigenvalue weighted by Gasteiger charge is 2.10. The van der Waals surface area contributed by atoms with Crippen molar-refractivity contribution in [3.8, 4) is 11.5 Å². The summed E-state index contributed by atoms with van der Waals surface area (Å²) >= 11 is 0. The Hall–Kier alpha value is -2.04. The maximum Gasteiger partial charge on any atom is 0.166 e. The van der Waals surface area contributed by atoms with E-state index >= 15 is 0 Å². The van der Waals surface area contributed by atoms with Crippen molar-refractivity contribution in [3.05, 3.63) is 59.2 Å². The molecule has 0 heterocycles. The number of nitrogens with one attached hydrogen (secondary N) is 1. The van der Waals surface area contributed by atoms with Gasteiger partial charge in [0, 0.05) is 25.8 Å². The van der Waals surface area contributed by atoms with Gasteiger partial charge in [0.1, 0.15) is 6.61 Å². The molecule has 0 radical (unpaired) electrons. The molecule has 0 saturated heterocycles. The molecular formula is C20H27NO3. The second-order valence-corrected chi connectivity index (χ2v) is 5.75. The molecule has 0 amide bonds. The number of methoxy groups -OCH3 is 2. The maximum absolute atomic E-state index is 6.09. The lowest BCUT2D eigenvalue weighted by Gasteiger charge is -2.16. The summed E-state index contributed by atoms with van der Waals surface area (Å²) < 4.78 is 16.6. The van der Waals surface area contributed by atoms with Gasteiger partial charge in [-0.3, -0.25) is 0 Å². The lowest BCUT2D eigenvalue weighted by Crippen LogP contribution is -2.17. The second-order valence-electron chi connectivity index (χ2n) is 5.75. The van der Waals surface area contributed by atoms with Crippen LogP contribution in [0.25, 0.3) is 0 Å². The van der Waals surface area contributed by atoms with Crippen LogP contribution in [0.1, 0.15) is 23.1 Å². The molecule has 0 aromatic heterocycles. The Bertz CT molecular complexity index is 628. The van der Waals surface area contributed by atoms with Crippen molar-refractivity contribution < 1.29 is 14.2 Å². The van der Waals surface area contributed by atoms with E-state index in [1.54, 1.807) is 14.2 Å². The van der Waals surface area contributed by atoms with E-state index in [1.807, 2.05) is 12.1 Å². The third kappa shape index (κ3) is 5.55. The molecule has 24 heavy (non-hydrogen) atoms. The molecule has 0 aliphatic heterocycles. The number of aryl methyl sites for hydroxylation is 1. The fourth-order valence-electron chi connectivity index (χ4n) is 2.55. The summed E-state index contributed by atoms with van der Waals surface area (Å²) in [5, 5.41) is 3.42. The van der Waals surface area contributed by atoms with Crippen molar-refractivity contribution >= 4 is 0 Å². The zero-order valence-electron chi connectivity index (χ0n) is 14.8. The van der Waals surface area contributed by atoms with E-state index < -0.39 is 0 Å². The van der Waals surface area contributed by atoms with Gasteiger partial charge < -0.3 is 19.5 Å². The van der Waals surface area contributed by atoms with Gasteiger partial charge in [0.25, 0.3) is 0 Å². The van der Waals surface area contributed by atoms with Crippen molar-refractivity contribution in [2.24, 2.45) is 0 Å². The van der Waals surface area contributed by atoms with Crippen LogP contribution in [0.4, 0.5) is 0 Å². The summed E-state index contributed by atoms with van der Waals surface area (Å²) in [5.41, 5.74) is 3.48. The standard InChI is InChI=1S/C20H27NO3/c1-16-7-4-8-17(13-16)15-24-20-18(9-5-10-19(20)23-3)14-21-11-6-12-22-2/h4-5,7-10,13,21H,6,11-12,14-15H2,1-3H3. The number of rotatable bonds is 10. The average Bonchev–Trinajstić information content (AvgIpc) is 2.60. The SMILES string of the molecule is COCCCNCc1cccc(OC)c1OCc1cccc(C)c1. The second kappa shape index (κ2) is 9.96. The Kier molecular flexibility index (Phi) is 7.59. The highest BCUT2D eigenvalue weighted by atomic mass is 16.5. The lowest BCUT2D eigenvalue weighted by atomic mass is 10.1. The van der Waals surface area contributed by atoms with E-state index in [-0.39, 0.29) is 0 Å². The Balaban J connectivity index is 2.02. The minimum atomic E-state index is 0.527. The normalized spacial score (nSPS) is 10.6. The average molecular weight is 329 g/mol. The van der Waals surface area contributed by atoms with Crippen molar-refractivity contribution in [3.63, 3.8) is 0 Å². The van der Waals surface area contributed by atoms with Gasteiger partial charge in [0.05, 0.1) is 7.11 Å². The summed E-state index contributed by atoms with van der Waals surface area (Å²) in [5.74, 6) is 1.57. The smallest absolute Gasteiger partial charge is 0.166 e. The van der Waals surface area contributed by atoms with Crippen LogP contribution in [0.15, 0.2) is 42.5 Å². The van der Waals surface area contributed by atoms with E-state index in [4.69, 9.17) is 14.2 Å². The van der Waals surface area contributed by atoms with E-state index in [1.165, 1.54) is 5.56 Å². The Morgan fingerprint density at radius 3 is 2.62 bits per heavy atom. The number of para-hydroxylation sites is 1. The van der Waals surface area contributed by atoms with Gasteiger partial charge in [0.15, 0.2) is 11.5 Å². The summed E-state index contributed by atoms with van der Waals surface area (Å²) in [6.07, 6.45) is 0.986. The molecule has 0 spiro atoms. The zero-order valence-corrected chi connectivity index (χ0v) is 14.8. The van der Waals surface area contributed by atoms with E-state index in [2.05, 4.69) is 42.6 Å². The summed E-state index contributed by atoms with van der Waals surface area (Å²) in [6.45, 7) is 5.02. The van der Waals surface area contributed by atoms with Crippen LogP contribution >= 0.6 is 0 Å².